The highest BCUT2D eigenvalue weighted by molar-refractivity contribution is 5.37. The smallest absolute Gasteiger partial charge is 0.123 e. The fourth-order valence-corrected chi connectivity index (χ4v) is 2.18. The van der Waals surface area contributed by atoms with E-state index in [1.165, 1.54) is 11.1 Å². The van der Waals surface area contributed by atoms with E-state index >= 15 is 0 Å². The second kappa shape index (κ2) is 4.85. The normalized spacial score (nSPS) is 21.3. The summed E-state index contributed by atoms with van der Waals surface area (Å²) in [4.78, 5) is 2.26. The van der Waals surface area contributed by atoms with Crippen LogP contribution < -0.4 is 4.74 Å². The maximum absolute atomic E-state index is 9.48. The molecular weight excluding hydrogens is 202 g/mol. The van der Waals surface area contributed by atoms with Crippen LogP contribution in [0.2, 0.25) is 0 Å². The minimum Gasteiger partial charge on any atom is -0.496 e. The minimum atomic E-state index is -0.156. The molecule has 2 rings (SSSR count). The molecule has 1 N–H and O–H groups in total. The predicted octanol–water partition coefficient (Wildman–Crippen LogP) is 1.57. The molecule has 3 heteroatoms. The monoisotopic (exact) mass is 221 g/mol. The average Bonchev–Trinajstić information content (AvgIpc) is 2.67. The first-order valence-corrected chi connectivity index (χ1v) is 5.73. The first-order chi connectivity index (χ1) is 7.69. The summed E-state index contributed by atoms with van der Waals surface area (Å²) in [7, 11) is 1.71. The van der Waals surface area contributed by atoms with Crippen molar-refractivity contribution in [2.24, 2.45) is 0 Å². The maximum atomic E-state index is 9.48. The van der Waals surface area contributed by atoms with Crippen LogP contribution in [0.15, 0.2) is 18.2 Å². The summed E-state index contributed by atoms with van der Waals surface area (Å²) in [6.07, 6.45) is 0.727. The lowest BCUT2D eigenvalue weighted by Gasteiger charge is -2.17. The van der Waals surface area contributed by atoms with E-state index < -0.39 is 0 Å². The van der Waals surface area contributed by atoms with Crippen molar-refractivity contribution in [3.05, 3.63) is 29.3 Å². The van der Waals surface area contributed by atoms with Crippen molar-refractivity contribution in [1.82, 2.24) is 4.90 Å². The van der Waals surface area contributed by atoms with E-state index in [0.717, 1.165) is 31.8 Å². The Morgan fingerprint density at radius 2 is 2.31 bits per heavy atom. The van der Waals surface area contributed by atoms with Crippen LogP contribution in [0, 0.1) is 6.92 Å². The van der Waals surface area contributed by atoms with Gasteiger partial charge in [-0.3, -0.25) is 4.90 Å². The van der Waals surface area contributed by atoms with Crippen LogP contribution in [0.3, 0.4) is 0 Å². The molecule has 1 fully saturated rings. The molecule has 1 aliphatic heterocycles. The molecule has 1 heterocycles. The summed E-state index contributed by atoms with van der Waals surface area (Å²) in [6, 6.07) is 6.27. The number of aryl methyl sites for hydroxylation is 1. The van der Waals surface area contributed by atoms with Crippen LogP contribution in [-0.4, -0.2) is 36.3 Å². The number of benzene rings is 1. The highest BCUT2D eigenvalue weighted by atomic mass is 16.5. The SMILES string of the molecule is COc1cc(C)ccc1CN1CCC(O)C1. The maximum Gasteiger partial charge on any atom is 0.123 e. The molecule has 0 spiro atoms. The number of aliphatic hydroxyl groups excluding tert-OH is 1. The van der Waals surface area contributed by atoms with Crippen LogP contribution in [0.4, 0.5) is 0 Å². The molecule has 1 saturated heterocycles. The van der Waals surface area contributed by atoms with E-state index in [-0.39, 0.29) is 6.10 Å². The van der Waals surface area contributed by atoms with Crippen molar-refractivity contribution in [3.63, 3.8) is 0 Å². The van der Waals surface area contributed by atoms with E-state index in [9.17, 15) is 5.11 Å². The Balaban J connectivity index is 2.08. The molecule has 1 aromatic rings. The van der Waals surface area contributed by atoms with Crippen LogP contribution in [0.1, 0.15) is 17.5 Å². The van der Waals surface area contributed by atoms with Crippen molar-refractivity contribution in [1.29, 1.82) is 0 Å². The van der Waals surface area contributed by atoms with Gasteiger partial charge in [-0.15, -0.1) is 0 Å². The van der Waals surface area contributed by atoms with E-state index in [2.05, 4.69) is 30.0 Å². The van der Waals surface area contributed by atoms with Crippen molar-refractivity contribution >= 4 is 0 Å². The number of rotatable bonds is 3. The number of β-amino-alcohol motifs (C(OH)–C–C–N with tert-alkyl or cyclic N) is 1. The summed E-state index contributed by atoms with van der Waals surface area (Å²) in [5.41, 5.74) is 2.41. The molecule has 0 aliphatic carbocycles. The van der Waals surface area contributed by atoms with Crippen molar-refractivity contribution in [2.75, 3.05) is 20.2 Å². The quantitative estimate of drug-likeness (QED) is 0.841. The molecule has 0 bridgehead atoms. The highest BCUT2D eigenvalue weighted by Gasteiger charge is 2.20. The van der Waals surface area contributed by atoms with Gasteiger partial charge in [0.15, 0.2) is 0 Å². The third kappa shape index (κ3) is 2.54. The van der Waals surface area contributed by atoms with Crippen molar-refractivity contribution in [3.8, 4) is 5.75 Å². The Hall–Kier alpha value is -1.06. The summed E-state index contributed by atoms with van der Waals surface area (Å²) < 4.78 is 5.37. The lowest BCUT2D eigenvalue weighted by molar-refractivity contribution is 0.174. The van der Waals surface area contributed by atoms with Crippen molar-refractivity contribution < 1.29 is 9.84 Å². The van der Waals surface area contributed by atoms with Gasteiger partial charge in [0.2, 0.25) is 0 Å². The zero-order chi connectivity index (χ0) is 11.5. The molecule has 1 aliphatic rings. The van der Waals surface area contributed by atoms with E-state index in [0.29, 0.717) is 0 Å². The van der Waals surface area contributed by atoms with Gasteiger partial charge in [0.05, 0.1) is 13.2 Å². The van der Waals surface area contributed by atoms with Gasteiger partial charge in [-0.1, -0.05) is 12.1 Å². The minimum absolute atomic E-state index is 0.156. The summed E-state index contributed by atoms with van der Waals surface area (Å²) in [5.74, 6) is 0.946. The third-order valence-corrected chi connectivity index (χ3v) is 3.08. The first kappa shape index (κ1) is 11.4. The Morgan fingerprint density at radius 3 is 2.94 bits per heavy atom. The molecular formula is C13H19NO2. The topological polar surface area (TPSA) is 32.7 Å². The Labute approximate surface area is 96.6 Å². The number of likely N-dealkylation sites (tertiary alicyclic amines) is 1. The molecule has 0 amide bonds. The molecule has 1 atom stereocenters. The largest absolute Gasteiger partial charge is 0.496 e. The Bertz CT molecular complexity index is 365. The van der Waals surface area contributed by atoms with Gasteiger partial charge in [-0.05, 0) is 25.0 Å². The van der Waals surface area contributed by atoms with E-state index in [1.807, 2.05) is 0 Å². The number of hydrogen-bond acceptors (Lipinski definition) is 3. The second-order valence-electron chi connectivity index (χ2n) is 4.49. The van der Waals surface area contributed by atoms with Crippen LogP contribution >= 0.6 is 0 Å². The number of ether oxygens (including phenoxy) is 1. The molecule has 0 radical (unpaired) electrons. The summed E-state index contributed by atoms with van der Waals surface area (Å²) >= 11 is 0. The fraction of sp³-hybridized carbons (Fsp3) is 0.538. The Kier molecular flexibility index (Phi) is 3.46. The molecule has 16 heavy (non-hydrogen) atoms. The molecule has 1 aromatic carbocycles. The van der Waals surface area contributed by atoms with Gasteiger partial charge >= 0.3 is 0 Å². The number of aliphatic hydroxyl groups is 1. The lowest BCUT2D eigenvalue weighted by atomic mass is 10.1. The molecule has 3 nitrogen and oxygen atoms in total. The number of nitrogens with zero attached hydrogens (tertiary/aromatic N) is 1. The van der Waals surface area contributed by atoms with Crippen LogP contribution in [0.5, 0.6) is 5.75 Å². The van der Waals surface area contributed by atoms with Crippen molar-refractivity contribution in [2.45, 2.75) is 26.0 Å². The van der Waals surface area contributed by atoms with Crippen LogP contribution in [0.25, 0.3) is 0 Å². The summed E-state index contributed by atoms with van der Waals surface area (Å²) in [5, 5.41) is 9.48. The van der Waals surface area contributed by atoms with E-state index in [4.69, 9.17) is 4.74 Å². The molecule has 0 saturated carbocycles. The average molecular weight is 221 g/mol. The fourth-order valence-electron chi connectivity index (χ4n) is 2.18. The lowest BCUT2D eigenvalue weighted by Crippen LogP contribution is -2.21. The van der Waals surface area contributed by atoms with E-state index in [1.54, 1.807) is 7.11 Å². The molecule has 0 aromatic heterocycles. The highest BCUT2D eigenvalue weighted by Crippen LogP contribution is 2.23. The van der Waals surface area contributed by atoms with Gasteiger partial charge in [-0.2, -0.15) is 0 Å². The third-order valence-electron chi connectivity index (χ3n) is 3.08. The number of hydrogen-bond donors (Lipinski definition) is 1. The zero-order valence-corrected chi connectivity index (χ0v) is 9.94. The standard InChI is InChI=1S/C13H19NO2/c1-10-3-4-11(13(7-10)16-2)8-14-6-5-12(15)9-14/h3-4,7,12,15H,5-6,8-9H2,1-2H3. The predicted molar refractivity (Wildman–Crippen MR) is 63.6 cm³/mol. The van der Waals surface area contributed by atoms with Gasteiger partial charge in [0, 0.05) is 25.2 Å². The second-order valence-corrected chi connectivity index (χ2v) is 4.49. The van der Waals surface area contributed by atoms with Gasteiger partial charge < -0.3 is 9.84 Å². The van der Waals surface area contributed by atoms with Crippen LogP contribution in [-0.2, 0) is 6.54 Å². The summed E-state index contributed by atoms with van der Waals surface area (Å²) in [6.45, 7) is 4.67. The Morgan fingerprint density at radius 1 is 1.50 bits per heavy atom. The van der Waals surface area contributed by atoms with Gasteiger partial charge in [0.1, 0.15) is 5.75 Å². The van der Waals surface area contributed by atoms with Gasteiger partial charge in [-0.25, -0.2) is 0 Å². The zero-order valence-electron chi connectivity index (χ0n) is 9.94. The molecule has 88 valence electrons. The first-order valence-electron chi connectivity index (χ1n) is 5.73. The number of methoxy groups -OCH3 is 1. The molecule has 1 unspecified atom stereocenters. The van der Waals surface area contributed by atoms with Gasteiger partial charge in [0.25, 0.3) is 0 Å².